The van der Waals surface area contributed by atoms with Crippen LogP contribution in [-0.4, -0.2) is 23.5 Å². The number of esters is 1. The second kappa shape index (κ2) is 7.13. The van der Waals surface area contributed by atoms with Crippen LogP contribution in [0.15, 0.2) is 30.3 Å². The van der Waals surface area contributed by atoms with E-state index in [1.165, 1.54) is 11.3 Å². The van der Waals surface area contributed by atoms with Gasteiger partial charge in [-0.25, -0.2) is 9.78 Å². The molecule has 0 saturated carbocycles. The highest BCUT2D eigenvalue weighted by atomic mass is 32.1. The van der Waals surface area contributed by atoms with Gasteiger partial charge in [0.25, 0.3) is 5.91 Å². The summed E-state index contributed by atoms with van der Waals surface area (Å²) in [6.07, 6.45) is 0. The van der Waals surface area contributed by atoms with Gasteiger partial charge in [-0.2, -0.15) is 0 Å². The quantitative estimate of drug-likeness (QED) is 0.680. The average molecular weight is 369 g/mol. The van der Waals surface area contributed by atoms with Crippen LogP contribution in [0.4, 0.5) is 11.4 Å². The monoisotopic (exact) mass is 369 g/mol. The number of nitrogens with two attached hydrogens (primary N) is 1. The van der Waals surface area contributed by atoms with Gasteiger partial charge in [0.15, 0.2) is 0 Å². The van der Waals surface area contributed by atoms with Crippen LogP contribution in [-0.2, 0) is 4.74 Å². The Morgan fingerprint density at radius 3 is 2.73 bits per heavy atom. The minimum absolute atomic E-state index is 0.259. The summed E-state index contributed by atoms with van der Waals surface area (Å²) in [5.74, 6) is -0.861. The Kier molecular flexibility index (Phi) is 4.90. The van der Waals surface area contributed by atoms with Crippen molar-refractivity contribution < 1.29 is 14.3 Å². The molecule has 0 bridgehead atoms. The maximum atomic E-state index is 12.8. The number of amides is 1. The average Bonchev–Trinajstić information content (AvgIpc) is 2.92. The van der Waals surface area contributed by atoms with E-state index in [1.807, 2.05) is 19.9 Å². The van der Waals surface area contributed by atoms with Crippen molar-refractivity contribution in [1.29, 1.82) is 0 Å². The van der Waals surface area contributed by atoms with E-state index in [0.717, 1.165) is 21.5 Å². The first-order valence-corrected chi connectivity index (χ1v) is 8.97. The molecular weight excluding hydrogens is 350 g/mol. The highest BCUT2D eigenvalue weighted by Crippen LogP contribution is 2.35. The Balaban J connectivity index is 1.97. The van der Waals surface area contributed by atoms with E-state index in [2.05, 4.69) is 10.3 Å². The predicted molar refractivity (Wildman–Crippen MR) is 104 cm³/mol. The second-order valence-corrected chi connectivity index (χ2v) is 6.82. The minimum Gasteiger partial charge on any atom is -0.462 e. The lowest BCUT2D eigenvalue weighted by atomic mass is 10.1. The number of rotatable bonds is 4. The number of hydrogen-bond acceptors (Lipinski definition) is 6. The Bertz CT molecular complexity index is 1010. The number of para-hydroxylation sites is 1. The highest BCUT2D eigenvalue weighted by Gasteiger charge is 2.21. The summed E-state index contributed by atoms with van der Waals surface area (Å²) in [6, 6.07) is 8.65. The van der Waals surface area contributed by atoms with Crippen LogP contribution < -0.4 is 11.1 Å². The molecule has 1 aromatic carbocycles. The van der Waals surface area contributed by atoms with Gasteiger partial charge in [-0.05, 0) is 44.5 Å². The van der Waals surface area contributed by atoms with Crippen LogP contribution in [0.1, 0.15) is 38.2 Å². The van der Waals surface area contributed by atoms with Crippen LogP contribution in [0.3, 0.4) is 0 Å². The molecule has 0 atom stereocenters. The number of fused-ring (bicyclic) bond motifs is 1. The summed E-state index contributed by atoms with van der Waals surface area (Å²) in [4.78, 5) is 30.4. The van der Waals surface area contributed by atoms with Crippen molar-refractivity contribution in [3.05, 3.63) is 52.0 Å². The number of pyridine rings is 1. The zero-order chi connectivity index (χ0) is 18.8. The van der Waals surface area contributed by atoms with Gasteiger partial charge in [-0.3, -0.25) is 4.79 Å². The molecule has 134 valence electrons. The van der Waals surface area contributed by atoms with E-state index in [4.69, 9.17) is 10.5 Å². The third-order valence-corrected chi connectivity index (χ3v) is 5.00. The lowest BCUT2D eigenvalue weighted by Gasteiger charge is -2.10. The number of aromatic nitrogens is 1. The zero-order valence-electron chi connectivity index (χ0n) is 14.8. The lowest BCUT2D eigenvalue weighted by Crippen LogP contribution is -2.16. The molecule has 0 fully saturated rings. The maximum absolute atomic E-state index is 12.8. The molecule has 3 rings (SSSR count). The summed E-state index contributed by atoms with van der Waals surface area (Å²) in [5.41, 5.74) is 9.14. The molecule has 0 aliphatic rings. The van der Waals surface area contributed by atoms with Crippen LogP contribution in [0.25, 0.3) is 10.2 Å². The van der Waals surface area contributed by atoms with Crippen molar-refractivity contribution in [2.75, 3.05) is 17.7 Å². The number of aryl methyl sites for hydroxylation is 2. The fraction of sp³-hybridized carbons (Fsp3) is 0.211. The molecule has 0 unspecified atom stereocenters. The van der Waals surface area contributed by atoms with Crippen molar-refractivity contribution in [2.24, 2.45) is 0 Å². The van der Waals surface area contributed by atoms with E-state index >= 15 is 0 Å². The molecule has 6 nitrogen and oxygen atoms in total. The summed E-state index contributed by atoms with van der Waals surface area (Å²) in [5, 5.41) is 3.56. The number of thiophene rings is 1. The van der Waals surface area contributed by atoms with E-state index in [0.29, 0.717) is 21.8 Å². The smallest absolute Gasteiger partial charge is 0.340 e. The van der Waals surface area contributed by atoms with Crippen molar-refractivity contribution >= 4 is 44.8 Å². The molecule has 26 heavy (non-hydrogen) atoms. The Hall–Kier alpha value is -2.93. The molecule has 0 radical (unpaired) electrons. The van der Waals surface area contributed by atoms with E-state index < -0.39 is 5.97 Å². The zero-order valence-corrected chi connectivity index (χ0v) is 15.6. The number of nitrogen functional groups attached to an aromatic ring is 1. The molecular formula is C19H19N3O3S. The number of benzene rings is 1. The Morgan fingerprint density at radius 2 is 2.00 bits per heavy atom. The van der Waals surface area contributed by atoms with Crippen LogP contribution in [0, 0.1) is 13.8 Å². The summed E-state index contributed by atoms with van der Waals surface area (Å²) >= 11 is 1.24. The first kappa shape index (κ1) is 17.9. The van der Waals surface area contributed by atoms with Crippen molar-refractivity contribution in [3.8, 4) is 0 Å². The lowest BCUT2D eigenvalue weighted by molar-refractivity contribution is 0.0527. The number of carbonyl (C=O) groups excluding carboxylic acids is 2. The highest BCUT2D eigenvalue weighted by molar-refractivity contribution is 7.21. The van der Waals surface area contributed by atoms with Gasteiger partial charge in [-0.15, -0.1) is 11.3 Å². The van der Waals surface area contributed by atoms with Gasteiger partial charge in [0, 0.05) is 11.1 Å². The fourth-order valence-corrected chi connectivity index (χ4v) is 3.91. The predicted octanol–water partition coefficient (Wildman–Crippen LogP) is 3.92. The van der Waals surface area contributed by atoms with Crippen LogP contribution in [0.2, 0.25) is 0 Å². The summed E-state index contributed by atoms with van der Waals surface area (Å²) in [6.45, 7) is 5.83. The van der Waals surface area contributed by atoms with Gasteiger partial charge >= 0.3 is 5.97 Å². The molecule has 0 aliphatic heterocycles. The second-order valence-electron chi connectivity index (χ2n) is 5.83. The third-order valence-electron chi connectivity index (χ3n) is 3.90. The molecule has 3 aromatic rings. The summed E-state index contributed by atoms with van der Waals surface area (Å²) < 4.78 is 5.03. The first-order chi connectivity index (χ1) is 12.4. The van der Waals surface area contributed by atoms with Gasteiger partial charge in [-0.1, -0.05) is 12.1 Å². The fourth-order valence-electron chi connectivity index (χ4n) is 2.80. The summed E-state index contributed by atoms with van der Waals surface area (Å²) in [7, 11) is 0. The topological polar surface area (TPSA) is 94.3 Å². The van der Waals surface area contributed by atoms with Crippen molar-refractivity contribution in [1.82, 2.24) is 4.98 Å². The van der Waals surface area contributed by atoms with Gasteiger partial charge in [0.2, 0.25) is 0 Å². The molecule has 1 amide bonds. The normalized spacial score (nSPS) is 10.7. The van der Waals surface area contributed by atoms with E-state index in [1.54, 1.807) is 31.2 Å². The van der Waals surface area contributed by atoms with Crippen molar-refractivity contribution in [3.63, 3.8) is 0 Å². The Labute approximate surface area is 155 Å². The maximum Gasteiger partial charge on any atom is 0.340 e. The first-order valence-electron chi connectivity index (χ1n) is 8.16. The van der Waals surface area contributed by atoms with Crippen LogP contribution >= 0.6 is 11.3 Å². The number of nitrogens with zero attached hydrogens (tertiary/aromatic N) is 1. The number of anilines is 2. The molecule has 3 N–H and O–H groups in total. The number of ether oxygens (including phenoxy) is 1. The largest absolute Gasteiger partial charge is 0.462 e. The number of hydrogen-bond donors (Lipinski definition) is 2. The van der Waals surface area contributed by atoms with E-state index in [-0.39, 0.29) is 12.5 Å². The van der Waals surface area contributed by atoms with Crippen molar-refractivity contribution in [2.45, 2.75) is 20.8 Å². The molecule has 0 saturated heterocycles. The molecule has 0 aliphatic carbocycles. The third kappa shape index (κ3) is 3.25. The minimum atomic E-state index is -0.485. The number of carbonyl (C=O) groups is 2. The molecule has 2 aromatic heterocycles. The van der Waals surface area contributed by atoms with Gasteiger partial charge < -0.3 is 15.8 Å². The SMILES string of the molecule is CCOC(=O)c1ccccc1NC(=O)c1sc2nc(C)cc(C)c2c1N. The number of nitrogens with one attached hydrogen (secondary N) is 1. The molecule has 7 heteroatoms. The standard InChI is InChI=1S/C19H19N3O3S/c1-4-25-19(24)12-7-5-6-8-13(12)22-17(23)16-15(20)14-10(2)9-11(3)21-18(14)26-16/h5-9H,4,20H2,1-3H3,(H,22,23). The van der Waals surface area contributed by atoms with Gasteiger partial charge in [0.1, 0.15) is 9.71 Å². The molecule has 0 spiro atoms. The van der Waals surface area contributed by atoms with Crippen LogP contribution in [0.5, 0.6) is 0 Å². The Morgan fingerprint density at radius 1 is 1.27 bits per heavy atom. The van der Waals surface area contributed by atoms with Gasteiger partial charge in [0.05, 0.1) is 23.5 Å². The van der Waals surface area contributed by atoms with E-state index in [9.17, 15) is 9.59 Å². The molecule has 2 heterocycles.